The number of fused-ring (bicyclic) bond motifs is 2. The van der Waals surface area contributed by atoms with E-state index in [0.717, 1.165) is 12.8 Å². The largest absolute Gasteiger partial charge is 0.447 e. The molecule has 4 nitrogen and oxygen atoms in total. The number of hydrogen-bond donors (Lipinski definition) is 0. The number of rotatable bonds is 3. The Morgan fingerprint density at radius 3 is 2.77 bits per heavy atom. The summed E-state index contributed by atoms with van der Waals surface area (Å²) in [6.45, 7) is 0.372. The number of amides is 1. The molecule has 0 aromatic heterocycles. The molecule has 1 heterocycles. The van der Waals surface area contributed by atoms with Gasteiger partial charge in [-0.2, -0.15) is 0 Å². The van der Waals surface area contributed by atoms with Crippen molar-refractivity contribution in [2.45, 2.75) is 31.3 Å². The Hall–Kier alpha value is -2.10. The van der Waals surface area contributed by atoms with Gasteiger partial charge in [0.1, 0.15) is 12.6 Å². The molecular formula is C18H19NO3. The van der Waals surface area contributed by atoms with Gasteiger partial charge in [0, 0.05) is 12.3 Å². The second-order valence-corrected chi connectivity index (χ2v) is 6.49. The van der Waals surface area contributed by atoms with Crippen LogP contribution in [0.5, 0.6) is 0 Å². The second-order valence-electron chi connectivity index (χ2n) is 6.49. The van der Waals surface area contributed by atoms with Gasteiger partial charge in [0.15, 0.2) is 5.78 Å². The Kier molecular flexibility index (Phi) is 3.25. The van der Waals surface area contributed by atoms with Crippen LogP contribution in [0, 0.1) is 11.8 Å². The van der Waals surface area contributed by atoms with E-state index in [1.807, 2.05) is 18.2 Å². The summed E-state index contributed by atoms with van der Waals surface area (Å²) in [7, 11) is 0. The fourth-order valence-electron chi connectivity index (χ4n) is 4.03. The van der Waals surface area contributed by atoms with E-state index in [2.05, 4.69) is 24.3 Å². The van der Waals surface area contributed by atoms with E-state index in [4.69, 9.17) is 4.74 Å². The van der Waals surface area contributed by atoms with Crippen molar-refractivity contribution in [1.82, 2.24) is 4.90 Å². The highest BCUT2D eigenvalue weighted by Crippen LogP contribution is 2.39. The van der Waals surface area contributed by atoms with Crippen molar-refractivity contribution in [2.75, 3.05) is 6.61 Å². The van der Waals surface area contributed by atoms with Crippen molar-refractivity contribution >= 4 is 11.9 Å². The molecule has 22 heavy (non-hydrogen) atoms. The normalized spacial score (nSPS) is 33.4. The number of carbonyl (C=O) groups excluding carboxylic acids is 2. The Labute approximate surface area is 129 Å². The van der Waals surface area contributed by atoms with E-state index in [9.17, 15) is 9.59 Å². The fourth-order valence-corrected chi connectivity index (χ4v) is 4.03. The number of benzene rings is 1. The van der Waals surface area contributed by atoms with Gasteiger partial charge in [-0.15, -0.1) is 0 Å². The SMILES string of the molecule is O=C1C[C@@H]2C=C[C@@H](C2)[C@@H]1N1C(=O)OC[C@@H]1Cc1ccccc1. The molecular weight excluding hydrogens is 278 g/mol. The van der Waals surface area contributed by atoms with Crippen molar-refractivity contribution in [3.8, 4) is 0 Å². The molecule has 1 amide bonds. The summed E-state index contributed by atoms with van der Waals surface area (Å²) >= 11 is 0. The summed E-state index contributed by atoms with van der Waals surface area (Å²) in [6.07, 6.45) is 6.19. The minimum absolute atomic E-state index is 0.0469. The van der Waals surface area contributed by atoms with Gasteiger partial charge in [-0.25, -0.2) is 4.79 Å². The first-order valence-corrected chi connectivity index (χ1v) is 7.92. The highest BCUT2D eigenvalue weighted by molar-refractivity contribution is 5.90. The Balaban J connectivity index is 1.59. The summed E-state index contributed by atoms with van der Waals surface area (Å²) in [5.41, 5.74) is 1.17. The average Bonchev–Trinajstić information content (AvgIpc) is 3.07. The maximum absolute atomic E-state index is 12.5. The quantitative estimate of drug-likeness (QED) is 0.806. The molecule has 4 atom stereocenters. The molecule has 4 rings (SSSR count). The van der Waals surface area contributed by atoms with Crippen LogP contribution >= 0.6 is 0 Å². The molecule has 114 valence electrons. The van der Waals surface area contributed by atoms with Gasteiger partial charge in [0.2, 0.25) is 0 Å². The van der Waals surface area contributed by atoms with Gasteiger partial charge in [0.05, 0.1) is 6.04 Å². The number of hydrogen-bond acceptors (Lipinski definition) is 3. The van der Waals surface area contributed by atoms with Crippen molar-refractivity contribution in [3.05, 3.63) is 48.0 Å². The lowest BCUT2D eigenvalue weighted by Crippen LogP contribution is -2.52. The van der Waals surface area contributed by atoms with E-state index >= 15 is 0 Å². The van der Waals surface area contributed by atoms with Crippen LogP contribution in [0.4, 0.5) is 4.79 Å². The van der Waals surface area contributed by atoms with Crippen LogP contribution in [0.2, 0.25) is 0 Å². The third-order valence-electron chi connectivity index (χ3n) is 5.02. The van der Waals surface area contributed by atoms with Gasteiger partial charge in [-0.3, -0.25) is 9.69 Å². The number of cyclic esters (lactones) is 1. The Morgan fingerprint density at radius 2 is 1.95 bits per heavy atom. The minimum atomic E-state index is -0.335. The summed E-state index contributed by atoms with van der Waals surface area (Å²) in [6, 6.07) is 9.68. The van der Waals surface area contributed by atoms with Crippen LogP contribution in [0.15, 0.2) is 42.5 Å². The predicted octanol–water partition coefficient (Wildman–Crippen LogP) is 2.58. The molecule has 2 aliphatic carbocycles. The zero-order valence-corrected chi connectivity index (χ0v) is 12.4. The van der Waals surface area contributed by atoms with Gasteiger partial charge < -0.3 is 4.74 Å². The smallest absolute Gasteiger partial charge is 0.410 e. The van der Waals surface area contributed by atoms with E-state index in [1.54, 1.807) is 4.90 Å². The summed E-state index contributed by atoms with van der Waals surface area (Å²) in [4.78, 5) is 26.4. The van der Waals surface area contributed by atoms with Crippen LogP contribution in [0.3, 0.4) is 0 Å². The minimum Gasteiger partial charge on any atom is -0.447 e. The standard InChI is InChI=1S/C18H19NO3/c20-16-10-13-6-7-14(8-13)17(16)19-15(11-22-18(19)21)9-12-4-2-1-3-5-12/h1-7,13-15,17H,8-11H2/t13-,14+,15+,17+/m1/s1. The second kappa shape index (κ2) is 5.27. The third kappa shape index (κ3) is 2.23. The Morgan fingerprint density at radius 1 is 1.14 bits per heavy atom. The first-order chi connectivity index (χ1) is 10.7. The van der Waals surface area contributed by atoms with Gasteiger partial charge in [-0.1, -0.05) is 42.5 Å². The molecule has 0 radical (unpaired) electrons. The lowest BCUT2D eigenvalue weighted by Gasteiger charge is -2.36. The lowest BCUT2D eigenvalue weighted by atomic mass is 9.81. The molecule has 1 saturated heterocycles. The maximum atomic E-state index is 12.5. The summed E-state index contributed by atoms with van der Waals surface area (Å²) in [5.74, 6) is 0.721. The number of carbonyl (C=O) groups is 2. The molecule has 3 aliphatic rings. The van der Waals surface area contributed by atoms with E-state index in [0.29, 0.717) is 18.9 Å². The third-order valence-corrected chi connectivity index (χ3v) is 5.02. The van der Waals surface area contributed by atoms with Crippen LogP contribution in [-0.4, -0.2) is 35.5 Å². The topological polar surface area (TPSA) is 46.6 Å². The number of Topliss-reactive ketones (excluding diaryl/α,β-unsaturated/α-hetero) is 1. The number of nitrogens with zero attached hydrogens (tertiary/aromatic N) is 1. The molecule has 1 saturated carbocycles. The van der Waals surface area contributed by atoms with Gasteiger partial charge in [-0.05, 0) is 24.3 Å². The molecule has 1 aromatic carbocycles. The van der Waals surface area contributed by atoms with E-state index < -0.39 is 0 Å². The highest BCUT2D eigenvalue weighted by Gasteiger charge is 2.48. The highest BCUT2D eigenvalue weighted by atomic mass is 16.6. The summed E-state index contributed by atoms with van der Waals surface area (Å²) in [5, 5.41) is 0. The van der Waals surface area contributed by atoms with Crippen LogP contribution in [-0.2, 0) is 16.0 Å². The zero-order valence-electron chi connectivity index (χ0n) is 12.4. The lowest BCUT2D eigenvalue weighted by molar-refractivity contribution is -0.127. The first-order valence-electron chi connectivity index (χ1n) is 7.92. The zero-order chi connectivity index (χ0) is 15.1. The van der Waals surface area contributed by atoms with E-state index in [-0.39, 0.29) is 29.9 Å². The first kappa shape index (κ1) is 13.6. The van der Waals surface area contributed by atoms with Crippen LogP contribution in [0.1, 0.15) is 18.4 Å². The number of ketones is 1. The van der Waals surface area contributed by atoms with Crippen molar-refractivity contribution in [2.24, 2.45) is 11.8 Å². The number of ether oxygens (including phenoxy) is 1. The van der Waals surface area contributed by atoms with Crippen molar-refractivity contribution in [1.29, 1.82) is 0 Å². The van der Waals surface area contributed by atoms with Gasteiger partial charge in [0.25, 0.3) is 0 Å². The molecule has 0 N–H and O–H groups in total. The van der Waals surface area contributed by atoms with Crippen LogP contribution in [0.25, 0.3) is 0 Å². The van der Waals surface area contributed by atoms with Gasteiger partial charge >= 0.3 is 6.09 Å². The monoisotopic (exact) mass is 297 g/mol. The molecule has 0 unspecified atom stereocenters. The molecule has 1 aromatic rings. The number of allylic oxidation sites excluding steroid dienone is 1. The maximum Gasteiger partial charge on any atom is 0.410 e. The van der Waals surface area contributed by atoms with E-state index in [1.165, 1.54) is 5.56 Å². The molecule has 1 aliphatic heterocycles. The molecule has 2 bridgehead atoms. The van der Waals surface area contributed by atoms with Crippen molar-refractivity contribution in [3.63, 3.8) is 0 Å². The Bertz CT molecular complexity index is 624. The average molecular weight is 297 g/mol. The molecule has 4 heteroatoms. The van der Waals surface area contributed by atoms with Crippen molar-refractivity contribution < 1.29 is 14.3 Å². The predicted molar refractivity (Wildman–Crippen MR) is 81.3 cm³/mol. The fraction of sp³-hybridized carbons (Fsp3) is 0.444. The van der Waals surface area contributed by atoms with Crippen LogP contribution < -0.4 is 0 Å². The summed E-state index contributed by atoms with van der Waals surface area (Å²) < 4.78 is 5.27. The molecule has 2 fully saturated rings. The molecule has 0 spiro atoms.